The predicted molar refractivity (Wildman–Crippen MR) is 170 cm³/mol. The summed E-state index contributed by atoms with van der Waals surface area (Å²) in [6.07, 6.45) is 3.64. The summed E-state index contributed by atoms with van der Waals surface area (Å²) in [4.78, 5) is 20.5. The third-order valence-corrected chi connectivity index (χ3v) is 7.17. The third kappa shape index (κ3) is 6.44. The van der Waals surface area contributed by atoms with E-state index in [4.69, 9.17) is 20.0 Å². The molecule has 4 nitrogen and oxygen atoms in total. The topological polar surface area (TPSA) is 50.5 Å². The van der Waals surface area contributed by atoms with Crippen LogP contribution in [0, 0.1) is 0 Å². The van der Waals surface area contributed by atoms with Crippen LogP contribution in [0.1, 0.15) is 113 Å². The maximum absolute atomic E-state index is 5.48. The number of aliphatic imine (C=N–C) groups is 2. The van der Waals surface area contributed by atoms with Gasteiger partial charge in [-0.2, -0.15) is 0 Å². The van der Waals surface area contributed by atoms with Gasteiger partial charge in [0, 0.05) is 12.4 Å². The first-order valence-corrected chi connectivity index (χ1v) is 14.4. The molecule has 0 atom stereocenters. The molecular formula is C36H42N4. The van der Waals surface area contributed by atoms with E-state index < -0.39 is 0 Å². The molecule has 0 saturated carbocycles. The third-order valence-electron chi connectivity index (χ3n) is 7.17. The molecule has 0 amide bonds. The fourth-order valence-corrected chi connectivity index (χ4v) is 4.97. The molecule has 4 aromatic rings. The Hall–Kier alpha value is -3.92. The van der Waals surface area contributed by atoms with Crippen molar-refractivity contribution in [2.75, 3.05) is 0 Å². The van der Waals surface area contributed by atoms with Gasteiger partial charge in [-0.1, -0.05) is 104 Å². The maximum Gasteiger partial charge on any atom is 0.117 e. The molecule has 0 saturated heterocycles. The molecule has 0 unspecified atom stereocenters. The van der Waals surface area contributed by atoms with Gasteiger partial charge in [-0.05, 0) is 70.2 Å². The molecule has 206 valence electrons. The second kappa shape index (κ2) is 13.0. The summed E-state index contributed by atoms with van der Waals surface area (Å²) in [6, 6.07) is 25.0. The highest BCUT2D eigenvalue weighted by molar-refractivity contribution is 6.53. The van der Waals surface area contributed by atoms with Crippen molar-refractivity contribution < 1.29 is 0 Å². The zero-order chi connectivity index (χ0) is 28.8. The van der Waals surface area contributed by atoms with Gasteiger partial charge in [0.1, 0.15) is 11.4 Å². The van der Waals surface area contributed by atoms with Crippen molar-refractivity contribution in [1.82, 2.24) is 9.97 Å². The Morgan fingerprint density at radius 1 is 0.450 bits per heavy atom. The van der Waals surface area contributed by atoms with Gasteiger partial charge in [0.2, 0.25) is 0 Å². The van der Waals surface area contributed by atoms with E-state index in [1.165, 1.54) is 22.3 Å². The average Bonchev–Trinajstić information content (AvgIpc) is 2.95. The summed E-state index contributed by atoms with van der Waals surface area (Å²) >= 11 is 0. The summed E-state index contributed by atoms with van der Waals surface area (Å²) in [5, 5.41) is 0. The van der Waals surface area contributed by atoms with Crippen LogP contribution in [0.2, 0.25) is 0 Å². The van der Waals surface area contributed by atoms with E-state index in [0.717, 1.165) is 34.2 Å². The monoisotopic (exact) mass is 530 g/mol. The van der Waals surface area contributed by atoms with Crippen LogP contribution >= 0.6 is 0 Å². The molecule has 4 rings (SSSR count). The van der Waals surface area contributed by atoms with Gasteiger partial charge < -0.3 is 0 Å². The number of para-hydroxylation sites is 2. The van der Waals surface area contributed by atoms with Gasteiger partial charge in [0.15, 0.2) is 0 Å². The summed E-state index contributed by atoms with van der Waals surface area (Å²) in [6.45, 7) is 17.8. The largest absolute Gasteiger partial charge is 0.255 e. The Morgan fingerprint density at radius 3 is 1.02 bits per heavy atom. The first-order chi connectivity index (χ1) is 19.2. The summed E-state index contributed by atoms with van der Waals surface area (Å²) in [5.41, 5.74) is 9.84. The number of pyridine rings is 2. The number of aromatic nitrogens is 2. The number of nitrogens with zero attached hydrogens (tertiary/aromatic N) is 4. The summed E-state index contributed by atoms with van der Waals surface area (Å²) < 4.78 is 0. The van der Waals surface area contributed by atoms with Crippen molar-refractivity contribution in [1.29, 1.82) is 0 Å². The van der Waals surface area contributed by atoms with Crippen LogP contribution in [0.25, 0.3) is 0 Å². The number of hydrogen-bond acceptors (Lipinski definition) is 4. The van der Waals surface area contributed by atoms with Gasteiger partial charge in [0.05, 0.1) is 22.8 Å². The van der Waals surface area contributed by atoms with Crippen LogP contribution in [-0.2, 0) is 0 Å². The molecule has 0 aliphatic carbocycles. The van der Waals surface area contributed by atoms with E-state index in [2.05, 4.69) is 91.8 Å². The first-order valence-electron chi connectivity index (χ1n) is 14.4. The molecule has 4 heteroatoms. The van der Waals surface area contributed by atoms with Gasteiger partial charge in [-0.25, -0.2) is 9.98 Å². The van der Waals surface area contributed by atoms with Crippen LogP contribution in [0.4, 0.5) is 11.4 Å². The molecule has 2 aromatic heterocycles. The lowest BCUT2D eigenvalue weighted by molar-refractivity contribution is 0.834. The predicted octanol–water partition coefficient (Wildman–Crippen LogP) is 9.91. The van der Waals surface area contributed by atoms with Crippen molar-refractivity contribution in [3.8, 4) is 0 Å². The molecule has 0 fully saturated rings. The molecule has 0 N–H and O–H groups in total. The summed E-state index contributed by atoms with van der Waals surface area (Å²) in [7, 11) is 0. The van der Waals surface area contributed by atoms with Gasteiger partial charge in [-0.3, -0.25) is 9.97 Å². The second-order valence-electron chi connectivity index (χ2n) is 11.5. The maximum atomic E-state index is 5.48. The normalized spacial score (nSPS) is 12.7. The highest BCUT2D eigenvalue weighted by atomic mass is 14.9. The van der Waals surface area contributed by atoms with Crippen molar-refractivity contribution in [3.63, 3.8) is 0 Å². The molecule has 0 radical (unpaired) electrons. The first kappa shape index (κ1) is 29.1. The lowest BCUT2D eigenvalue weighted by Crippen LogP contribution is -2.20. The Balaban J connectivity index is 2.15. The SMILES string of the molecule is CC(C)c1cccc(C(C)C)c1N=C(C(=Nc1c(C(C)C)cccc1C(C)C)c1ccccn1)c1ccccn1. The second-order valence-corrected chi connectivity index (χ2v) is 11.5. The Morgan fingerprint density at radius 2 is 0.775 bits per heavy atom. The average molecular weight is 531 g/mol. The van der Waals surface area contributed by atoms with Crippen LogP contribution < -0.4 is 0 Å². The van der Waals surface area contributed by atoms with Crippen LogP contribution in [0.15, 0.2) is 95.2 Å². The molecule has 2 aromatic carbocycles. The minimum atomic E-state index is 0.312. The lowest BCUT2D eigenvalue weighted by atomic mass is 9.92. The van der Waals surface area contributed by atoms with Crippen LogP contribution in [-0.4, -0.2) is 21.4 Å². The van der Waals surface area contributed by atoms with Crippen LogP contribution in [0.5, 0.6) is 0 Å². The summed E-state index contributed by atoms with van der Waals surface area (Å²) in [5.74, 6) is 1.25. The standard InChI is InChI=1S/C36H42N4/c1-23(2)27-15-13-16-28(24(3)4)33(27)39-35(31-19-9-11-21-37-31)36(32-20-10-12-22-38-32)40-34-29(25(5)6)17-14-18-30(34)26(7)8/h9-26H,1-8H3. The number of hydrogen-bond donors (Lipinski definition) is 0. The Kier molecular flexibility index (Phi) is 9.42. The highest BCUT2D eigenvalue weighted by Gasteiger charge is 2.23. The zero-order valence-corrected chi connectivity index (χ0v) is 25.2. The van der Waals surface area contributed by atoms with E-state index in [0.29, 0.717) is 23.7 Å². The fraction of sp³-hybridized carbons (Fsp3) is 0.333. The molecule has 40 heavy (non-hydrogen) atoms. The zero-order valence-electron chi connectivity index (χ0n) is 25.2. The molecule has 0 spiro atoms. The van der Waals surface area contributed by atoms with E-state index in [1.54, 1.807) is 0 Å². The molecule has 2 heterocycles. The Labute approximate surface area is 240 Å². The number of benzene rings is 2. The quantitative estimate of drug-likeness (QED) is 0.202. The fourth-order valence-electron chi connectivity index (χ4n) is 4.97. The van der Waals surface area contributed by atoms with E-state index in [-0.39, 0.29) is 0 Å². The molecule has 0 aliphatic rings. The van der Waals surface area contributed by atoms with Crippen molar-refractivity contribution in [2.24, 2.45) is 9.98 Å². The highest BCUT2D eigenvalue weighted by Crippen LogP contribution is 2.37. The minimum Gasteiger partial charge on any atom is -0.255 e. The van der Waals surface area contributed by atoms with Crippen LogP contribution in [0.3, 0.4) is 0 Å². The van der Waals surface area contributed by atoms with Crippen molar-refractivity contribution in [3.05, 3.63) is 119 Å². The van der Waals surface area contributed by atoms with Gasteiger partial charge in [-0.15, -0.1) is 0 Å². The van der Waals surface area contributed by atoms with Crippen molar-refractivity contribution >= 4 is 22.8 Å². The molecule has 0 aliphatic heterocycles. The van der Waals surface area contributed by atoms with E-state index >= 15 is 0 Å². The molecular weight excluding hydrogens is 488 g/mol. The van der Waals surface area contributed by atoms with Gasteiger partial charge in [0.25, 0.3) is 0 Å². The molecule has 0 bridgehead atoms. The Bertz CT molecular complexity index is 1310. The minimum absolute atomic E-state index is 0.312. The van der Waals surface area contributed by atoms with E-state index in [9.17, 15) is 0 Å². The smallest absolute Gasteiger partial charge is 0.117 e. The van der Waals surface area contributed by atoms with E-state index in [1.807, 2.05) is 48.8 Å². The number of rotatable bonds is 9. The lowest BCUT2D eigenvalue weighted by Gasteiger charge is -2.20. The van der Waals surface area contributed by atoms with Gasteiger partial charge >= 0.3 is 0 Å². The van der Waals surface area contributed by atoms with Crippen molar-refractivity contribution in [2.45, 2.75) is 79.1 Å².